The molecule has 0 saturated carbocycles. The Labute approximate surface area is 154 Å². The lowest BCUT2D eigenvalue weighted by Gasteiger charge is -2.28. The molecule has 6 heteroatoms. The van der Waals surface area contributed by atoms with Crippen molar-refractivity contribution >= 4 is 27.8 Å². The summed E-state index contributed by atoms with van der Waals surface area (Å²) in [6.07, 6.45) is -0.371. The smallest absolute Gasteiger partial charge is 0.409 e. The van der Waals surface area contributed by atoms with Gasteiger partial charge in [0.1, 0.15) is 5.82 Å². The number of hydrogen-bond acceptors (Lipinski definition) is 3. The number of ketones is 1. The molecule has 2 aromatic carbocycles. The van der Waals surface area contributed by atoms with E-state index in [1.54, 1.807) is 0 Å². The van der Waals surface area contributed by atoms with Gasteiger partial charge in [-0.15, -0.1) is 0 Å². The van der Waals surface area contributed by atoms with Gasteiger partial charge in [-0.25, -0.2) is 9.18 Å². The summed E-state index contributed by atoms with van der Waals surface area (Å²) in [5.74, 6) is -0.548. The molecule has 0 spiro atoms. The standard InChI is InChI=1S/C19H19BrFNO3/c1-13(14-3-7-16(20)8-4-14)22(19(24)25-2)12-11-18(23)15-5-9-17(21)10-6-15/h3-10,13H,11-12H2,1-2H3. The number of hydrogen-bond donors (Lipinski definition) is 0. The minimum atomic E-state index is -0.498. The number of ether oxygens (including phenoxy) is 1. The number of Topliss-reactive ketones (excluding diaryl/α,β-unsaturated/α-hetero) is 1. The molecule has 2 aromatic rings. The second-order valence-corrected chi connectivity index (χ2v) is 6.49. The number of benzene rings is 2. The molecule has 0 aliphatic rings. The first kappa shape index (κ1) is 19.1. The zero-order valence-corrected chi connectivity index (χ0v) is 15.6. The Morgan fingerprint density at radius 3 is 2.28 bits per heavy atom. The summed E-state index contributed by atoms with van der Waals surface area (Å²) < 4.78 is 18.7. The van der Waals surface area contributed by atoms with Gasteiger partial charge < -0.3 is 9.64 Å². The van der Waals surface area contributed by atoms with Crippen LogP contribution >= 0.6 is 15.9 Å². The number of methoxy groups -OCH3 is 1. The topological polar surface area (TPSA) is 46.6 Å². The van der Waals surface area contributed by atoms with Crippen LogP contribution in [0.1, 0.15) is 35.3 Å². The molecule has 4 nitrogen and oxygen atoms in total. The number of amides is 1. The summed E-state index contributed by atoms with van der Waals surface area (Å²) in [6, 6.07) is 12.7. The van der Waals surface area contributed by atoms with E-state index in [0.717, 1.165) is 10.0 Å². The number of rotatable bonds is 6. The van der Waals surface area contributed by atoms with Crippen LogP contribution in [0.2, 0.25) is 0 Å². The molecule has 0 heterocycles. The third-order valence-electron chi connectivity index (χ3n) is 3.98. The van der Waals surface area contributed by atoms with E-state index in [2.05, 4.69) is 15.9 Å². The maximum absolute atomic E-state index is 13.0. The molecule has 1 atom stereocenters. The van der Waals surface area contributed by atoms with Gasteiger partial charge in [0.25, 0.3) is 0 Å². The van der Waals surface area contributed by atoms with Crippen LogP contribution < -0.4 is 0 Å². The van der Waals surface area contributed by atoms with Gasteiger partial charge in [-0.3, -0.25) is 4.79 Å². The molecule has 1 unspecified atom stereocenters. The predicted molar refractivity (Wildman–Crippen MR) is 97.0 cm³/mol. The van der Waals surface area contributed by atoms with E-state index in [-0.39, 0.29) is 24.8 Å². The van der Waals surface area contributed by atoms with Crippen molar-refractivity contribution in [2.24, 2.45) is 0 Å². The molecule has 0 aliphatic carbocycles. The number of halogens is 2. The van der Waals surface area contributed by atoms with Crippen LogP contribution in [0.25, 0.3) is 0 Å². The first-order chi connectivity index (χ1) is 11.9. The van der Waals surface area contributed by atoms with Gasteiger partial charge in [0, 0.05) is 23.0 Å². The molecule has 0 saturated heterocycles. The van der Waals surface area contributed by atoms with E-state index in [9.17, 15) is 14.0 Å². The summed E-state index contributed by atoms with van der Waals surface area (Å²) >= 11 is 3.38. The summed E-state index contributed by atoms with van der Waals surface area (Å²) in [5.41, 5.74) is 1.35. The van der Waals surface area contributed by atoms with E-state index in [0.29, 0.717) is 5.56 Å². The molecule has 2 rings (SSSR count). The first-order valence-corrected chi connectivity index (χ1v) is 8.60. The van der Waals surface area contributed by atoms with Crippen molar-refractivity contribution in [3.8, 4) is 0 Å². The summed E-state index contributed by atoms with van der Waals surface area (Å²) in [7, 11) is 1.31. The van der Waals surface area contributed by atoms with Crippen LogP contribution in [-0.4, -0.2) is 30.4 Å². The van der Waals surface area contributed by atoms with E-state index in [1.165, 1.54) is 36.3 Å². The molecule has 132 valence electrons. The third-order valence-corrected chi connectivity index (χ3v) is 4.50. The fourth-order valence-electron chi connectivity index (χ4n) is 2.48. The molecule has 0 aliphatic heterocycles. The second kappa shape index (κ2) is 8.76. The van der Waals surface area contributed by atoms with Gasteiger partial charge in [-0.1, -0.05) is 28.1 Å². The number of carbonyl (C=O) groups is 2. The minimum absolute atomic E-state index is 0.127. The van der Waals surface area contributed by atoms with Gasteiger partial charge in [-0.05, 0) is 48.9 Å². The highest BCUT2D eigenvalue weighted by Crippen LogP contribution is 2.23. The van der Waals surface area contributed by atoms with Crippen molar-refractivity contribution in [2.45, 2.75) is 19.4 Å². The van der Waals surface area contributed by atoms with E-state index in [4.69, 9.17) is 4.74 Å². The lowest BCUT2D eigenvalue weighted by molar-refractivity contribution is 0.0911. The highest BCUT2D eigenvalue weighted by molar-refractivity contribution is 9.10. The number of nitrogens with zero attached hydrogens (tertiary/aromatic N) is 1. The van der Waals surface area contributed by atoms with Crippen molar-refractivity contribution in [2.75, 3.05) is 13.7 Å². The third kappa shape index (κ3) is 5.13. The van der Waals surface area contributed by atoms with Crippen LogP contribution in [0, 0.1) is 5.82 Å². The van der Waals surface area contributed by atoms with Gasteiger partial charge in [0.15, 0.2) is 5.78 Å². The summed E-state index contributed by atoms with van der Waals surface area (Å²) in [5, 5.41) is 0. The summed E-state index contributed by atoms with van der Waals surface area (Å²) in [4.78, 5) is 25.9. The van der Waals surface area contributed by atoms with Gasteiger partial charge in [0.2, 0.25) is 0 Å². The number of carbonyl (C=O) groups excluding carboxylic acids is 2. The van der Waals surface area contributed by atoms with Crippen molar-refractivity contribution < 1.29 is 18.7 Å². The Morgan fingerprint density at radius 2 is 1.72 bits per heavy atom. The average Bonchev–Trinajstić information content (AvgIpc) is 2.62. The highest BCUT2D eigenvalue weighted by atomic mass is 79.9. The van der Waals surface area contributed by atoms with Crippen molar-refractivity contribution in [3.05, 3.63) is 69.9 Å². The van der Waals surface area contributed by atoms with Crippen molar-refractivity contribution in [3.63, 3.8) is 0 Å². The Kier molecular flexibility index (Phi) is 6.70. The molecule has 0 aromatic heterocycles. The van der Waals surface area contributed by atoms with Gasteiger partial charge in [-0.2, -0.15) is 0 Å². The second-order valence-electron chi connectivity index (χ2n) is 5.57. The van der Waals surface area contributed by atoms with E-state index in [1.807, 2.05) is 31.2 Å². The molecule has 1 amide bonds. The molecule has 0 fully saturated rings. The van der Waals surface area contributed by atoms with Gasteiger partial charge in [0.05, 0.1) is 13.2 Å². The SMILES string of the molecule is COC(=O)N(CCC(=O)c1ccc(F)cc1)C(C)c1ccc(Br)cc1. The lowest BCUT2D eigenvalue weighted by atomic mass is 10.1. The van der Waals surface area contributed by atoms with E-state index < -0.39 is 11.9 Å². The van der Waals surface area contributed by atoms with Crippen LogP contribution in [0.4, 0.5) is 9.18 Å². The molecular formula is C19H19BrFNO3. The zero-order valence-electron chi connectivity index (χ0n) is 14.0. The fraction of sp³-hybridized carbons (Fsp3) is 0.263. The molecule has 0 bridgehead atoms. The maximum atomic E-state index is 13.0. The molecule has 0 N–H and O–H groups in total. The van der Waals surface area contributed by atoms with Crippen molar-refractivity contribution in [1.82, 2.24) is 4.90 Å². The zero-order chi connectivity index (χ0) is 18.4. The Hall–Kier alpha value is -2.21. The lowest BCUT2D eigenvalue weighted by Crippen LogP contribution is -2.35. The average molecular weight is 408 g/mol. The quantitative estimate of drug-likeness (QED) is 0.633. The van der Waals surface area contributed by atoms with Crippen LogP contribution in [0.5, 0.6) is 0 Å². The normalized spacial score (nSPS) is 11.7. The van der Waals surface area contributed by atoms with Crippen LogP contribution in [0.15, 0.2) is 53.0 Å². The van der Waals surface area contributed by atoms with E-state index >= 15 is 0 Å². The monoisotopic (exact) mass is 407 g/mol. The fourth-order valence-corrected chi connectivity index (χ4v) is 2.75. The minimum Gasteiger partial charge on any atom is -0.453 e. The van der Waals surface area contributed by atoms with Crippen LogP contribution in [0.3, 0.4) is 0 Å². The Balaban J connectivity index is 2.09. The maximum Gasteiger partial charge on any atom is 0.409 e. The van der Waals surface area contributed by atoms with Gasteiger partial charge >= 0.3 is 6.09 Å². The van der Waals surface area contributed by atoms with Crippen LogP contribution in [-0.2, 0) is 4.74 Å². The Morgan fingerprint density at radius 1 is 1.12 bits per heavy atom. The predicted octanol–water partition coefficient (Wildman–Crippen LogP) is 4.99. The highest BCUT2D eigenvalue weighted by Gasteiger charge is 2.23. The van der Waals surface area contributed by atoms with Crippen molar-refractivity contribution in [1.29, 1.82) is 0 Å². The molecular weight excluding hydrogens is 389 g/mol. The largest absolute Gasteiger partial charge is 0.453 e. The molecule has 25 heavy (non-hydrogen) atoms. The molecule has 0 radical (unpaired) electrons. The summed E-state index contributed by atoms with van der Waals surface area (Å²) in [6.45, 7) is 2.09. The first-order valence-electron chi connectivity index (χ1n) is 7.81. The Bertz CT molecular complexity index is 731.